The van der Waals surface area contributed by atoms with Crippen molar-refractivity contribution in [3.63, 3.8) is 0 Å². The quantitative estimate of drug-likeness (QED) is 0.855. The lowest BCUT2D eigenvalue weighted by atomic mass is 10.1. The molecule has 3 rings (SSSR count). The molecule has 1 aromatic heterocycles. The predicted octanol–water partition coefficient (Wildman–Crippen LogP) is 1.39. The van der Waals surface area contributed by atoms with E-state index in [0.29, 0.717) is 18.8 Å². The first-order chi connectivity index (χ1) is 9.59. The van der Waals surface area contributed by atoms with Gasteiger partial charge in [0.2, 0.25) is 16.4 Å². The van der Waals surface area contributed by atoms with Gasteiger partial charge in [0.1, 0.15) is 10.7 Å². The van der Waals surface area contributed by atoms with Gasteiger partial charge in [0.05, 0.1) is 0 Å². The molecule has 0 N–H and O–H groups in total. The highest BCUT2D eigenvalue weighted by molar-refractivity contribution is 7.89. The van der Waals surface area contributed by atoms with Gasteiger partial charge in [-0.1, -0.05) is 17.3 Å². The molecular formula is C12H12FN3O3S. The molecular weight excluding hydrogens is 285 g/mol. The molecule has 20 heavy (non-hydrogen) atoms. The average molecular weight is 297 g/mol. The van der Waals surface area contributed by atoms with E-state index >= 15 is 0 Å². The predicted molar refractivity (Wildman–Crippen MR) is 66.8 cm³/mol. The van der Waals surface area contributed by atoms with E-state index in [4.69, 9.17) is 0 Å². The van der Waals surface area contributed by atoms with E-state index in [1.165, 1.54) is 28.9 Å². The van der Waals surface area contributed by atoms with Crippen LogP contribution in [0.15, 0.2) is 40.1 Å². The Labute approximate surface area is 115 Å². The molecule has 1 aromatic carbocycles. The molecule has 0 bridgehead atoms. The lowest BCUT2D eigenvalue weighted by Gasteiger charge is -2.16. The molecule has 0 radical (unpaired) electrons. The smallest absolute Gasteiger partial charge is 0.246 e. The van der Waals surface area contributed by atoms with Crippen LogP contribution in [0.25, 0.3) is 0 Å². The second-order valence-corrected chi connectivity index (χ2v) is 6.47. The molecule has 1 fully saturated rings. The fraction of sp³-hybridized carbons (Fsp3) is 0.333. The first-order valence-corrected chi connectivity index (χ1v) is 7.54. The first-order valence-electron chi connectivity index (χ1n) is 6.10. The number of halogens is 1. The zero-order valence-electron chi connectivity index (χ0n) is 10.4. The highest BCUT2D eigenvalue weighted by Gasteiger charge is 2.36. The van der Waals surface area contributed by atoms with Crippen molar-refractivity contribution in [3.05, 3.63) is 42.3 Å². The van der Waals surface area contributed by atoms with E-state index in [1.807, 2.05) is 0 Å². The first kappa shape index (κ1) is 13.2. The summed E-state index contributed by atoms with van der Waals surface area (Å²) in [4.78, 5) is 3.63. The van der Waals surface area contributed by atoms with Crippen LogP contribution in [0.1, 0.15) is 18.2 Å². The van der Waals surface area contributed by atoms with Crippen molar-refractivity contribution in [2.24, 2.45) is 0 Å². The van der Waals surface area contributed by atoms with E-state index < -0.39 is 15.8 Å². The van der Waals surface area contributed by atoms with Crippen LogP contribution in [0.4, 0.5) is 4.39 Å². The highest BCUT2D eigenvalue weighted by atomic mass is 32.2. The number of nitrogens with zero attached hydrogens (tertiary/aromatic N) is 3. The van der Waals surface area contributed by atoms with Crippen LogP contribution in [0.2, 0.25) is 0 Å². The lowest BCUT2D eigenvalue weighted by Crippen LogP contribution is -2.29. The largest absolute Gasteiger partial charge is 0.343 e. The van der Waals surface area contributed by atoms with Gasteiger partial charge in [-0.15, -0.1) is 0 Å². The summed E-state index contributed by atoms with van der Waals surface area (Å²) in [6.07, 6.45) is 1.80. The summed E-state index contributed by atoms with van der Waals surface area (Å²) in [6, 6.07) is 5.37. The van der Waals surface area contributed by atoms with E-state index in [-0.39, 0.29) is 17.4 Å². The van der Waals surface area contributed by atoms with Gasteiger partial charge in [0.25, 0.3) is 0 Å². The van der Waals surface area contributed by atoms with Gasteiger partial charge in [-0.25, -0.2) is 12.8 Å². The molecule has 1 saturated heterocycles. The summed E-state index contributed by atoms with van der Waals surface area (Å²) in [7, 11) is -3.82. The zero-order chi connectivity index (χ0) is 14.2. The molecule has 106 valence electrons. The molecule has 8 heteroatoms. The van der Waals surface area contributed by atoms with Crippen LogP contribution in [-0.4, -0.2) is 36.0 Å². The van der Waals surface area contributed by atoms with Gasteiger partial charge in [-0.2, -0.15) is 9.29 Å². The Morgan fingerprint density at radius 3 is 2.85 bits per heavy atom. The number of hydrogen-bond acceptors (Lipinski definition) is 5. The Morgan fingerprint density at radius 1 is 1.35 bits per heavy atom. The fourth-order valence-electron chi connectivity index (χ4n) is 2.31. The van der Waals surface area contributed by atoms with Crippen LogP contribution >= 0.6 is 0 Å². The summed E-state index contributed by atoms with van der Waals surface area (Å²) in [5, 5.41) is 3.72. The summed E-state index contributed by atoms with van der Waals surface area (Å²) in [6.45, 7) is 0.548. The van der Waals surface area contributed by atoms with E-state index in [9.17, 15) is 12.8 Å². The molecule has 1 atom stereocenters. The third kappa shape index (κ3) is 2.20. The highest BCUT2D eigenvalue weighted by Crippen LogP contribution is 2.29. The summed E-state index contributed by atoms with van der Waals surface area (Å²) >= 11 is 0. The third-order valence-corrected chi connectivity index (χ3v) is 5.25. The molecule has 0 unspecified atom stereocenters. The van der Waals surface area contributed by atoms with Crippen LogP contribution < -0.4 is 0 Å². The standard InChI is InChI=1S/C12H12FN3O3S/c13-10-3-1-2-4-11(10)20(17,18)16-6-5-9(7-16)12-14-8-19-15-12/h1-4,8-9H,5-7H2/t9-/m0/s1. The zero-order valence-corrected chi connectivity index (χ0v) is 11.3. The van der Waals surface area contributed by atoms with E-state index in [2.05, 4.69) is 14.7 Å². The van der Waals surface area contributed by atoms with Crippen molar-refractivity contribution in [1.29, 1.82) is 0 Å². The van der Waals surface area contributed by atoms with Crippen LogP contribution in [0.3, 0.4) is 0 Å². The van der Waals surface area contributed by atoms with Crippen LogP contribution in [-0.2, 0) is 10.0 Å². The summed E-state index contributed by atoms with van der Waals surface area (Å²) < 4.78 is 44.4. The van der Waals surface area contributed by atoms with Gasteiger partial charge in [0.15, 0.2) is 5.82 Å². The second kappa shape index (κ2) is 4.95. The summed E-state index contributed by atoms with van der Waals surface area (Å²) in [5.41, 5.74) is 0. The fourth-order valence-corrected chi connectivity index (χ4v) is 3.87. The number of rotatable bonds is 3. The van der Waals surface area contributed by atoms with Crippen molar-refractivity contribution in [2.45, 2.75) is 17.2 Å². The number of hydrogen-bond donors (Lipinski definition) is 0. The van der Waals surface area contributed by atoms with Crippen LogP contribution in [0, 0.1) is 5.82 Å². The van der Waals surface area contributed by atoms with Crippen molar-refractivity contribution in [3.8, 4) is 0 Å². The second-order valence-electron chi connectivity index (χ2n) is 4.57. The van der Waals surface area contributed by atoms with Gasteiger partial charge >= 0.3 is 0 Å². The molecule has 0 aliphatic carbocycles. The van der Waals surface area contributed by atoms with E-state index in [1.54, 1.807) is 0 Å². The maximum atomic E-state index is 13.7. The van der Waals surface area contributed by atoms with Gasteiger partial charge in [-0.05, 0) is 18.6 Å². The van der Waals surface area contributed by atoms with E-state index in [0.717, 1.165) is 6.07 Å². The van der Waals surface area contributed by atoms with Crippen molar-refractivity contribution < 1.29 is 17.3 Å². The third-order valence-electron chi connectivity index (χ3n) is 3.35. The Bertz CT molecular complexity index is 702. The number of benzene rings is 1. The molecule has 1 aliphatic heterocycles. The van der Waals surface area contributed by atoms with Crippen molar-refractivity contribution in [1.82, 2.24) is 14.4 Å². The van der Waals surface area contributed by atoms with Gasteiger partial charge in [-0.3, -0.25) is 0 Å². The molecule has 0 saturated carbocycles. The summed E-state index contributed by atoms with van der Waals surface area (Å²) in [5.74, 6) is -0.373. The minimum Gasteiger partial charge on any atom is -0.343 e. The molecule has 1 aliphatic rings. The Balaban J connectivity index is 1.85. The minimum absolute atomic E-state index is 0.115. The van der Waals surface area contributed by atoms with Crippen LogP contribution in [0.5, 0.6) is 0 Å². The molecule has 0 amide bonds. The van der Waals surface area contributed by atoms with Gasteiger partial charge in [0, 0.05) is 19.0 Å². The topological polar surface area (TPSA) is 76.3 Å². The Hall–Kier alpha value is -1.80. The Kier molecular flexibility index (Phi) is 3.27. The van der Waals surface area contributed by atoms with Gasteiger partial charge < -0.3 is 4.52 Å². The monoisotopic (exact) mass is 297 g/mol. The average Bonchev–Trinajstić information content (AvgIpc) is 3.10. The molecule has 2 heterocycles. The number of sulfonamides is 1. The molecule has 0 spiro atoms. The normalized spacial score (nSPS) is 20.4. The molecule has 2 aromatic rings. The SMILES string of the molecule is O=S(=O)(c1ccccc1F)N1CC[C@H](c2ncon2)C1. The number of aromatic nitrogens is 2. The minimum atomic E-state index is -3.82. The lowest BCUT2D eigenvalue weighted by molar-refractivity contribution is 0.403. The van der Waals surface area contributed by atoms with Crippen molar-refractivity contribution in [2.75, 3.05) is 13.1 Å². The Morgan fingerprint density at radius 2 is 2.15 bits per heavy atom. The maximum absolute atomic E-state index is 13.7. The molecule has 6 nitrogen and oxygen atoms in total. The van der Waals surface area contributed by atoms with Crippen molar-refractivity contribution >= 4 is 10.0 Å². The maximum Gasteiger partial charge on any atom is 0.246 e.